The topological polar surface area (TPSA) is 47.6 Å². The Morgan fingerprint density at radius 2 is 1.73 bits per heavy atom. The van der Waals surface area contributed by atoms with Crippen LogP contribution in [0.3, 0.4) is 0 Å². The Labute approximate surface area is 182 Å². The molecule has 0 fully saturated rings. The summed E-state index contributed by atoms with van der Waals surface area (Å²) in [6.07, 6.45) is 0. The average molecular weight is 424 g/mol. The minimum Gasteiger partial charge on any atom is -0.494 e. The fraction of sp³-hybridized carbons (Fsp3) is 0.240. The maximum absolute atomic E-state index is 12.8. The fourth-order valence-corrected chi connectivity index (χ4v) is 3.22. The second-order valence-electron chi connectivity index (χ2n) is 6.98. The van der Waals surface area contributed by atoms with Gasteiger partial charge in [0.1, 0.15) is 5.75 Å². The lowest BCUT2D eigenvalue weighted by Gasteiger charge is -2.16. The zero-order chi connectivity index (χ0) is 21.3. The van der Waals surface area contributed by atoms with E-state index in [9.17, 15) is 4.79 Å². The largest absolute Gasteiger partial charge is 0.494 e. The van der Waals surface area contributed by atoms with E-state index in [0.29, 0.717) is 30.4 Å². The minimum absolute atomic E-state index is 0.140. The highest BCUT2D eigenvalue weighted by Gasteiger charge is 2.14. The maximum atomic E-state index is 12.8. The van der Waals surface area contributed by atoms with Crippen molar-refractivity contribution in [3.8, 4) is 5.75 Å². The molecule has 1 amide bonds. The van der Waals surface area contributed by atoms with Gasteiger partial charge in [-0.3, -0.25) is 4.79 Å². The molecule has 3 aromatic carbocycles. The molecule has 0 aromatic heterocycles. The molecule has 0 spiro atoms. The normalized spacial score (nSPS) is 11.7. The molecule has 0 aliphatic carbocycles. The average Bonchev–Trinajstić information content (AvgIpc) is 2.76. The van der Waals surface area contributed by atoms with Crippen molar-refractivity contribution in [1.29, 1.82) is 0 Å². The molecular weight excluding hydrogens is 398 g/mol. The summed E-state index contributed by atoms with van der Waals surface area (Å²) in [6, 6.07) is 22.7. The van der Waals surface area contributed by atoms with Crippen molar-refractivity contribution in [2.24, 2.45) is 0 Å². The molecule has 0 radical (unpaired) electrons. The third-order valence-corrected chi connectivity index (χ3v) is 4.96. The van der Waals surface area contributed by atoms with Crippen LogP contribution in [0.2, 0.25) is 5.02 Å². The first-order valence-electron chi connectivity index (χ1n) is 10.0. The van der Waals surface area contributed by atoms with Crippen molar-refractivity contribution < 1.29 is 14.3 Å². The summed E-state index contributed by atoms with van der Waals surface area (Å²) >= 11 is 5.95. The lowest BCUT2D eigenvalue weighted by Crippen LogP contribution is -2.26. The van der Waals surface area contributed by atoms with E-state index in [2.05, 4.69) is 5.32 Å². The second kappa shape index (κ2) is 10.8. The van der Waals surface area contributed by atoms with E-state index >= 15 is 0 Å². The van der Waals surface area contributed by atoms with Gasteiger partial charge in [0, 0.05) is 16.1 Å². The molecule has 1 N–H and O–H groups in total. The molecule has 0 aliphatic heterocycles. The van der Waals surface area contributed by atoms with Gasteiger partial charge in [-0.05, 0) is 55.3 Å². The van der Waals surface area contributed by atoms with Crippen LogP contribution in [-0.4, -0.2) is 12.5 Å². The molecule has 0 bridgehead atoms. The number of amides is 1. The first-order valence-corrected chi connectivity index (χ1v) is 10.4. The van der Waals surface area contributed by atoms with E-state index in [1.54, 1.807) is 6.07 Å². The summed E-state index contributed by atoms with van der Waals surface area (Å²) in [6.45, 7) is 5.28. The molecule has 3 aromatic rings. The van der Waals surface area contributed by atoms with Crippen LogP contribution >= 0.6 is 11.6 Å². The van der Waals surface area contributed by atoms with E-state index in [-0.39, 0.29) is 11.9 Å². The van der Waals surface area contributed by atoms with Crippen molar-refractivity contribution in [1.82, 2.24) is 5.32 Å². The van der Waals surface area contributed by atoms with Gasteiger partial charge in [0.05, 0.1) is 25.9 Å². The standard InChI is InChI=1S/C25H26ClNO3/c1-3-30-24-14-11-21(15-22(24)17-29-16-19-7-5-4-6-8-19)25(28)27-18(2)20-9-12-23(26)13-10-20/h4-15,18H,3,16-17H2,1-2H3,(H,27,28). The van der Waals surface area contributed by atoms with Gasteiger partial charge in [0.25, 0.3) is 5.91 Å². The maximum Gasteiger partial charge on any atom is 0.251 e. The van der Waals surface area contributed by atoms with Crippen LogP contribution in [0.5, 0.6) is 5.75 Å². The lowest BCUT2D eigenvalue weighted by molar-refractivity contribution is 0.0937. The first kappa shape index (κ1) is 21.9. The fourth-order valence-electron chi connectivity index (χ4n) is 3.10. The van der Waals surface area contributed by atoms with Gasteiger partial charge < -0.3 is 14.8 Å². The number of rotatable bonds is 9. The zero-order valence-corrected chi connectivity index (χ0v) is 18.0. The van der Waals surface area contributed by atoms with Crippen LogP contribution in [0.25, 0.3) is 0 Å². The highest BCUT2D eigenvalue weighted by molar-refractivity contribution is 6.30. The van der Waals surface area contributed by atoms with Crippen molar-refractivity contribution in [2.75, 3.05) is 6.61 Å². The van der Waals surface area contributed by atoms with Crippen molar-refractivity contribution >= 4 is 17.5 Å². The molecule has 30 heavy (non-hydrogen) atoms. The van der Waals surface area contributed by atoms with Crippen LogP contribution < -0.4 is 10.1 Å². The summed E-state index contributed by atoms with van der Waals surface area (Å²) in [4.78, 5) is 12.8. The predicted molar refractivity (Wildman–Crippen MR) is 120 cm³/mol. The van der Waals surface area contributed by atoms with Gasteiger partial charge >= 0.3 is 0 Å². The van der Waals surface area contributed by atoms with Gasteiger partial charge in [-0.1, -0.05) is 54.1 Å². The molecule has 156 valence electrons. The molecule has 0 saturated carbocycles. The Morgan fingerprint density at radius 1 is 1.00 bits per heavy atom. The Kier molecular flexibility index (Phi) is 7.89. The van der Waals surface area contributed by atoms with Crippen LogP contribution in [0.4, 0.5) is 0 Å². The van der Waals surface area contributed by atoms with Gasteiger partial charge in [-0.2, -0.15) is 0 Å². The summed E-state index contributed by atoms with van der Waals surface area (Å²) < 4.78 is 11.6. The van der Waals surface area contributed by atoms with Gasteiger partial charge in [-0.25, -0.2) is 0 Å². The van der Waals surface area contributed by atoms with Crippen LogP contribution in [0.15, 0.2) is 72.8 Å². The van der Waals surface area contributed by atoms with Gasteiger partial charge in [0.15, 0.2) is 0 Å². The van der Waals surface area contributed by atoms with Crippen LogP contribution in [-0.2, 0) is 18.0 Å². The molecule has 0 heterocycles. The third-order valence-electron chi connectivity index (χ3n) is 4.71. The number of benzene rings is 3. The van der Waals surface area contributed by atoms with E-state index in [4.69, 9.17) is 21.1 Å². The van der Waals surface area contributed by atoms with Crippen LogP contribution in [0, 0.1) is 0 Å². The zero-order valence-electron chi connectivity index (χ0n) is 17.2. The molecule has 1 atom stereocenters. The number of carbonyl (C=O) groups is 1. The lowest BCUT2D eigenvalue weighted by atomic mass is 10.1. The first-order chi connectivity index (χ1) is 14.6. The quantitative estimate of drug-likeness (QED) is 0.462. The summed E-state index contributed by atoms with van der Waals surface area (Å²) in [5, 5.41) is 3.70. The van der Waals surface area contributed by atoms with E-state index in [1.807, 2.05) is 80.6 Å². The predicted octanol–water partition coefficient (Wildman–Crippen LogP) is 5.95. The Hall–Kier alpha value is -2.82. The van der Waals surface area contributed by atoms with Crippen LogP contribution in [0.1, 0.15) is 46.9 Å². The minimum atomic E-state index is -0.148. The number of hydrogen-bond donors (Lipinski definition) is 1. The number of carbonyl (C=O) groups excluding carboxylic acids is 1. The SMILES string of the molecule is CCOc1ccc(C(=O)NC(C)c2ccc(Cl)cc2)cc1COCc1ccccc1. The Bertz CT molecular complexity index is 958. The third kappa shape index (κ3) is 6.09. The number of hydrogen-bond acceptors (Lipinski definition) is 3. The van der Waals surface area contributed by atoms with E-state index < -0.39 is 0 Å². The second-order valence-corrected chi connectivity index (χ2v) is 7.42. The molecular formula is C25H26ClNO3. The molecule has 1 unspecified atom stereocenters. The van der Waals surface area contributed by atoms with E-state index in [1.165, 1.54) is 0 Å². The smallest absolute Gasteiger partial charge is 0.251 e. The van der Waals surface area contributed by atoms with E-state index in [0.717, 1.165) is 22.4 Å². The van der Waals surface area contributed by atoms with Gasteiger partial charge in [0.2, 0.25) is 0 Å². The number of halogens is 1. The highest BCUT2D eigenvalue weighted by atomic mass is 35.5. The van der Waals surface area contributed by atoms with Crippen molar-refractivity contribution in [2.45, 2.75) is 33.1 Å². The van der Waals surface area contributed by atoms with Crippen molar-refractivity contribution in [3.63, 3.8) is 0 Å². The molecule has 5 heteroatoms. The molecule has 0 aliphatic rings. The molecule has 3 rings (SSSR count). The molecule has 4 nitrogen and oxygen atoms in total. The summed E-state index contributed by atoms with van der Waals surface area (Å²) in [7, 11) is 0. The van der Waals surface area contributed by atoms with Gasteiger partial charge in [-0.15, -0.1) is 0 Å². The Balaban J connectivity index is 1.68. The summed E-state index contributed by atoms with van der Waals surface area (Å²) in [5.74, 6) is 0.581. The van der Waals surface area contributed by atoms with Crippen molar-refractivity contribution in [3.05, 3.63) is 100 Å². The molecule has 0 saturated heterocycles. The monoisotopic (exact) mass is 423 g/mol. The number of ether oxygens (including phenoxy) is 2. The highest BCUT2D eigenvalue weighted by Crippen LogP contribution is 2.23. The Morgan fingerprint density at radius 3 is 2.43 bits per heavy atom. The summed E-state index contributed by atoms with van der Waals surface area (Å²) in [5.41, 5.74) is 3.50. The number of nitrogens with one attached hydrogen (secondary N) is 1.